The number of nitrogens with zero attached hydrogens (tertiary/aromatic N) is 1. The van der Waals surface area contributed by atoms with Crippen molar-refractivity contribution in [1.82, 2.24) is 5.32 Å². The van der Waals surface area contributed by atoms with Crippen molar-refractivity contribution in [1.29, 1.82) is 0 Å². The summed E-state index contributed by atoms with van der Waals surface area (Å²) in [4.78, 5) is 2.09. The number of piperazine rings is 1. The maximum Gasteiger partial charge on any atom is 0.240 e. The summed E-state index contributed by atoms with van der Waals surface area (Å²) < 4.78 is 23.1. The van der Waals surface area contributed by atoms with Crippen LogP contribution in [0, 0.1) is 0 Å². The Morgan fingerprint density at radius 1 is 1.24 bits per heavy atom. The smallest absolute Gasteiger partial charge is 0.240 e. The summed E-state index contributed by atoms with van der Waals surface area (Å²) in [5, 5.41) is 8.41. The Labute approximate surface area is 101 Å². The molecule has 5 N–H and O–H groups in total. The third kappa shape index (κ3) is 2.68. The molecule has 0 aliphatic carbocycles. The lowest BCUT2D eigenvalue weighted by Gasteiger charge is -2.30. The van der Waals surface area contributed by atoms with Gasteiger partial charge in [-0.3, -0.25) is 0 Å². The fraction of sp³-hybridized carbons (Fsp3) is 0.400. The van der Waals surface area contributed by atoms with Crippen molar-refractivity contribution < 1.29 is 8.42 Å². The van der Waals surface area contributed by atoms with Crippen molar-refractivity contribution in [2.45, 2.75) is 4.90 Å². The molecule has 0 bridgehead atoms. The first-order chi connectivity index (χ1) is 7.98. The Hall–Kier alpha value is -1.31. The Balaban J connectivity index is 2.45. The van der Waals surface area contributed by atoms with Gasteiger partial charge in [-0.05, 0) is 18.2 Å². The topological polar surface area (TPSA) is 101 Å². The molecular formula is C10H16N4O2S. The van der Waals surface area contributed by atoms with Crippen molar-refractivity contribution in [2.75, 3.05) is 36.8 Å². The van der Waals surface area contributed by atoms with Gasteiger partial charge in [0.25, 0.3) is 0 Å². The molecule has 94 valence electrons. The molecule has 0 saturated carbocycles. The average Bonchev–Trinajstić information content (AvgIpc) is 2.29. The van der Waals surface area contributed by atoms with Crippen LogP contribution >= 0.6 is 0 Å². The van der Waals surface area contributed by atoms with Crippen molar-refractivity contribution in [2.24, 2.45) is 5.14 Å². The van der Waals surface area contributed by atoms with Gasteiger partial charge in [-0.2, -0.15) is 0 Å². The molecule has 1 heterocycles. The molecule has 0 spiro atoms. The number of nitrogens with two attached hydrogens (primary N) is 2. The summed E-state index contributed by atoms with van der Waals surface area (Å²) in [6.07, 6.45) is 0. The van der Waals surface area contributed by atoms with Crippen molar-refractivity contribution in [3.63, 3.8) is 0 Å². The summed E-state index contributed by atoms with van der Waals surface area (Å²) in [6, 6.07) is 4.80. The van der Waals surface area contributed by atoms with Crippen molar-refractivity contribution >= 4 is 21.4 Å². The highest BCUT2D eigenvalue weighted by Crippen LogP contribution is 2.26. The number of nitrogens with one attached hydrogen (secondary N) is 1. The number of anilines is 2. The minimum atomic E-state index is -3.75. The number of sulfonamides is 1. The number of rotatable bonds is 2. The summed E-state index contributed by atoms with van der Waals surface area (Å²) >= 11 is 0. The number of hydrogen-bond donors (Lipinski definition) is 3. The van der Waals surface area contributed by atoms with Gasteiger partial charge < -0.3 is 16.0 Å². The SMILES string of the molecule is Nc1ccc(N2CCNCC2)c(S(N)(=O)=O)c1. The van der Waals surface area contributed by atoms with Gasteiger partial charge in [0.2, 0.25) is 10.0 Å². The summed E-state index contributed by atoms with van der Waals surface area (Å²) in [6.45, 7) is 3.17. The molecule has 0 unspecified atom stereocenters. The largest absolute Gasteiger partial charge is 0.399 e. The van der Waals surface area contributed by atoms with Crippen LogP contribution < -0.4 is 21.1 Å². The maximum atomic E-state index is 11.5. The van der Waals surface area contributed by atoms with Crippen LogP contribution in [-0.2, 0) is 10.0 Å². The molecule has 1 aliphatic heterocycles. The first kappa shape index (κ1) is 12.2. The molecule has 1 aliphatic rings. The molecule has 0 amide bonds. The molecule has 0 radical (unpaired) electrons. The maximum absolute atomic E-state index is 11.5. The molecule has 2 rings (SSSR count). The van der Waals surface area contributed by atoms with Crippen molar-refractivity contribution in [3.05, 3.63) is 18.2 Å². The lowest BCUT2D eigenvalue weighted by molar-refractivity contribution is 0.580. The van der Waals surface area contributed by atoms with E-state index in [9.17, 15) is 8.42 Å². The first-order valence-corrected chi connectivity index (χ1v) is 6.91. The van der Waals surface area contributed by atoms with Gasteiger partial charge in [-0.1, -0.05) is 0 Å². The molecule has 7 heteroatoms. The zero-order chi connectivity index (χ0) is 12.5. The minimum Gasteiger partial charge on any atom is -0.399 e. The van der Waals surface area contributed by atoms with E-state index in [0.29, 0.717) is 11.4 Å². The van der Waals surface area contributed by atoms with Gasteiger partial charge in [0.1, 0.15) is 4.90 Å². The lowest BCUT2D eigenvalue weighted by atomic mass is 10.2. The van der Waals surface area contributed by atoms with E-state index in [-0.39, 0.29) is 4.90 Å². The standard InChI is InChI=1S/C10H16N4O2S/c11-8-1-2-9(10(7-8)17(12,15)16)14-5-3-13-4-6-14/h1-2,7,13H,3-6,11H2,(H2,12,15,16). The van der Waals surface area contributed by atoms with Crippen LogP contribution in [0.15, 0.2) is 23.1 Å². The van der Waals surface area contributed by atoms with E-state index in [4.69, 9.17) is 10.9 Å². The van der Waals surface area contributed by atoms with E-state index in [0.717, 1.165) is 26.2 Å². The molecule has 1 saturated heterocycles. The van der Waals surface area contributed by atoms with E-state index in [1.165, 1.54) is 6.07 Å². The normalized spacial score (nSPS) is 17.1. The second-order valence-corrected chi connectivity index (χ2v) is 5.54. The van der Waals surface area contributed by atoms with Crippen LogP contribution in [0.2, 0.25) is 0 Å². The van der Waals surface area contributed by atoms with Crippen LogP contribution in [0.1, 0.15) is 0 Å². The predicted molar refractivity (Wildman–Crippen MR) is 67.3 cm³/mol. The molecule has 0 atom stereocenters. The Morgan fingerprint density at radius 2 is 1.88 bits per heavy atom. The predicted octanol–water partition coefficient (Wildman–Crippen LogP) is -0.674. The summed E-state index contributed by atoms with van der Waals surface area (Å²) in [7, 11) is -3.75. The molecule has 17 heavy (non-hydrogen) atoms. The molecule has 0 aromatic heterocycles. The zero-order valence-corrected chi connectivity index (χ0v) is 10.2. The Kier molecular flexibility index (Phi) is 3.23. The molecule has 1 aromatic rings. The molecular weight excluding hydrogens is 240 g/mol. The van der Waals surface area contributed by atoms with Crippen LogP contribution in [-0.4, -0.2) is 34.6 Å². The number of hydrogen-bond acceptors (Lipinski definition) is 5. The number of primary sulfonamides is 1. The van der Waals surface area contributed by atoms with E-state index in [1.807, 2.05) is 4.90 Å². The summed E-state index contributed by atoms with van der Waals surface area (Å²) in [5.74, 6) is 0. The third-order valence-corrected chi connectivity index (χ3v) is 3.69. The van der Waals surface area contributed by atoms with Crippen LogP contribution in [0.3, 0.4) is 0 Å². The zero-order valence-electron chi connectivity index (χ0n) is 9.39. The Morgan fingerprint density at radius 3 is 2.47 bits per heavy atom. The van der Waals surface area contributed by atoms with E-state index in [1.54, 1.807) is 12.1 Å². The minimum absolute atomic E-state index is 0.0967. The van der Waals surface area contributed by atoms with Gasteiger partial charge in [0, 0.05) is 31.9 Å². The Bertz CT molecular complexity index is 509. The first-order valence-electron chi connectivity index (χ1n) is 5.36. The van der Waals surface area contributed by atoms with Gasteiger partial charge >= 0.3 is 0 Å². The number of benzene rings is 1. The van der Waals surface area contributed by atoms with Crippen LogP contribution in [0.4, 0.5) is 11.4 Å². The van der Waals surface area contributed by atoms with Gasteiger partial charge in [0.15, 0.2) is 0 Å². The highest BCUT2D eigenvalue weighted by atomic mass is 32.2. The molecule has 1 fully saturated rings. The highest BCUT2D eigenvalue weighted by Gasteiger charge is 2.20. The average molecular weight is 256 g/mol. The van der Waals surface area contributed by atoms with Gasteiger partial charge in [-0.25, -0.2) is 13.6 Å². The fourth-order valence-electron chi connectivity index (χ4n) is 1.93. The van der Waals surface area contributed by atoms with E-state index < -0.39 is 10.0 Å². The van der Waals surface area contributed by atoms with E-state index >= 15 is 0 Å². The summed E-state index contributed by atoms with van der Waals surface area (Å²) in [5.41, 5.74) is 6.63. The van der Waals surface area contributed by atoms with E-state index in [2.05, 4.69) is 5.32 Å². The van der Waals surface area contributed by atoms with Crippen LogP contribution in [0.5, 0.6) is 0 Å². The van der Waals surface area contributed by atoms with Gasteiger partial charge in [-0.15, -0.1) is 0 Å². The van der Waals surface area contributed by atoms with Gasteiger partial charge in [0.05, 0.1) is 5.69 Å². The number of nitrogen functional groups attached to an aromatic ring is 1. The molecule has 1 aromatic carbocycles. The second kappa shape index (κ2) is 4.52. The monoisotopic (exact) mass is 256 g/mol. The van der Waals surface area contributed by atoms with Crippen molar-refractivity contribution in [3.8, 4) is 0 Å². The van der Waals surface area contributed by atoms with Crippen LogP contribution in [0.25, 0.3) is 0 Å². The second-order valence-electron chi connectivity index (χ2n) is 4.01. The third-order valence-electron chi connectivity index (χ3n) is 2.75. The fourth-order valence-corrected chi connectivity index (χ4v) is 2.71. The lowest BCUT2D eigenvalue weighted by Crippen LogP contribution is -2.44. The molecule has 6 nitrogen and oxygen atoms in total. The quantitative estimate of drug-likeness (QED) is 0.609. The highest BCUT2D eigenvalue weighted by molar-refractivity contribution is 7.89.